The topological polar surface area (TPSA) is 118 Å². The second-order valence-electron chi connectivity index (χ2n) is 6.32. The largest absolute Gasteiger partial charge is 0.292 e. The minimum atomic E-state index is -0.823. The fraction of sp³-hybridized carbons (Fsp3) is 0.158. The van der Waals surface area contributed by atoms with Crippen molar-refractivity contribution in [2.75, 3.05) is 6.54 Å². The van der Waals surface area contributed by atoms with E-state index in [0.29, 0.717) is 5.01 Å². The van der Waals surface area contributed by atoms with Gasteiger partial charge in [0.1, 0.15) is 6.54 Å². The molecule has 2 aromatic carbocycles. The first-order chi connectivity index (χ1) is 14.2. The zero-order valence-electron chi connectivity index (χ0n) is 15.2. The van der Waals surface area contributed by atoms with E-state index in [9.17, 15) is 29.3 Å². The molecule has 30 heavy (non-hydrogen) atoms. The van der Waals surface area contributed by atoms with Gasteiger partial charge in [0.15, 0.2) is 5.78 Å². The molecule has 0 N–H and O–H groups in total. The number of hydrazine groups is 1. The lowest BCUT2D eigenvalue weighted by atomic mass is 10.1. The number of hydrogen-bond donors (Lipinski definition) is 0. The molecular weight excluding hydrogens is 437 g/mol. The van der Waals surface area contributed by atoms with Gasteiger partial charge in [-0.15, -0.1) is 0 Å². The van der Waals surface area contributed by atoms with Crippen molar-refractivity contribution in [1.82, 2.24) is 10.0 Å². The predicted octanol–water partition coefficient (Wildman–Crippen LogP) is 3.29. The van der Waals surface area contributed by atoms with Gasteiger partial charge in [-0.05, 0) is 18.2 Å². The summed E-state index contributed by atoms with van der Waals surface area (Å²) in [7, 11) is 0. The maximum atomic E-state index is 13.0. The summed E-state index contributed by atoms with van der Waals surface area (Å²) >= 11 is 11.8. The number of nitro benzene ring substituents is 1. The van der Waals surface area contributed by atoms with Gasteiger partial charge in [-0.1, -0.05) is 35.3 Å². The highest BCUT2D eigenvalue weighted by Gasteiger charge is 2.38. The molecule has 2 aromatic rings. The lowest BCUT2D eigenvalue weighted by molar-refractivity contribution is -0.384. The SMILES string of the molecule is O=C(CN(C(=O)c1ccc(Cl)c(Cl)c1)N1C(=O)CCC1=O)c1cccc([N+](=O)[O-])c1. The molecule has 0 aliphatic carbocycles. The van der Waals surface area contributed by atoms with Crippen LogP contribution in [0.1, 0.15) is 33.6 Å². The second-order valence-corrected chi connectivity index (χ2v) is 7.14. The van der Waals surface area contributed by atoms with Gasteiger partial charge < -0.3 is 0 Å². The first-order valence-corrected chi connectivity index (χ1v) is 9.35. The molecule has 0 radical (unpaired) electrons. The fourth-order valence-electron chi connectivity index (χ4n) is 2.87. The second kappa shape index (κ2) is 8.60. The third-order valence-corrected chi connectivity index (χ3v) is 5.08. The number of benzene rings is 2. The molecule has 9 nitrogen and oxygen atoms in total. The van der Waals surface area contributed by atoms with Crippen LogP contribution in [0.25, 0.3) is 0 Å². The van der Waals surface area contributed by atoms with Crippen molar-refractivity contribution >= 4 is 52.4 Å². The molecule has 3 amide bonds. The van der Waals surface area contributed by atoms with Crippen LogP contribution >= 0.6 is 23.2 Å². The molecule has 0 atom stereocenters. The normalized spacial score (nSPS) is 13.5. The number of non-ortho nitro benzene ring substituents is 1. The van der Waals surface area contributed by atoms with Crippen LogP contribution in [0.4, 0.5) is 5.69 Å². The maximum absolute atomic E-state index is 13.0. The zero-order chi connectivity index (χ0) is 22.0. The Hall–Kier alpha value is -3.30. The number of amides is 3. The van der Waals surface area contributed by atoms with Crippen molar-refractivity contribution in [2.24, 2.45) is 0 Å². The maximum Gasteiger partial charge on any atom is 0.273 e. The molecule has 1 aliphatic rings. The van der Waals surface area contributed by atoms with Gasteiger partial charge in [0.05, 0.1) is 15.0 Å². The van der Waals surface area contributed by atoms with Gasteiger partial charge in [-0.3, -0.25) is 29.3 Å². The molecule has 0 spiro atoms. The summed E-state index contributed by atoms with van der Waals surface area (Å²) in [6, 6.07) is 8.88. The van der Waals surface area contributed by atoms with E-state index in [0.717, 1.165) is 11.1 Å². The summed E-state index contributed by atoms with van der Waals surface area (Å²) in [5, 5.41) is 12.6. The molecule has 11 heteroatoms. The number of ketones is 1. The van der Waals surface area contributed by atoms with Gasteiger partial charge in [-0.2, -0.15) is 5.01 Å². The Morgan fingerprint density at radius 1 is 1.00 bits per heavy atom. The quantitative estimate of drug-likeness (QED) is 0.289. The molecule has 0 aromatic heterocycles. The summed E-state index contributed by atoms with van der Waals surface area (Å²) < 4.78 is 0. The van der Waals surface area contributed by atoms with Gasteiger partial charge >= 0.3 is 0 Å². The third kappa shape index (κ3) is 4.32. The van der Waals surface area contributed by atoms with Crippen LogP contribution in [0, 0.1) is 10.1 Å². The molecule has 1 heterocycles. The van der Waals surface area contributed by atoms with E-state index in [1.165, 1.54) is 36.4 Å². The van der Waals surface area contributed by atoms with E-state index in [2.05, 4.69) is 0 Å². The van der Waals surface area contributed by atoms with Crippen LogP contribution in [-0.4, -0.2) is 45.0 Å². The lowest BCUT2D eigenvalue weighted by Gasteiger charge is -2.29. The number of hydrogen-bond acceptors (Lipinski definition) is 6. The smallest absolute Gasteiger partial charge is 0.273 e. The highest BCUT2D eigenvalue weighted by atomic mass is 35.5. The van der Waals surface area contributed by atoms with Crippen LogP contribution in [0.5, 0.6) is 0 Å². The van der Waals surface area contributed by atoms with E-state index in [1.54, 1.807) is 0 Å². The minimum Gasteiger partial charge on any atom is -0.292 e. The number of imide groups is 1. The lowest BCUT2D eigenvalue weighted by Crippen LogP contribution is -2.51. The minimum absolute atomic E-state index is 0.00347. The molecule has 1 fully saturated rings. The van der Waals surface area contributed by atoms with Crippen LogP contribution in [0.3, 0.4) is 0 Å². The van der Waals surface area contributed by atoms with Crippen molar-refractivity contribution in [3.63, 3.8) is 0 Å². The van der Waals surface area contributed by atoms with E-state index in [1.807, 2.05) is 0 Å². The van der Waals surface area contributed by atoms with E-state index in [4.69, 9.17) is 23.2 Å². The Balaban J connectivity index is 1.96. The average Bonchev–Trinajstić information content (AvgIpc) is 3.05. The number of Topliss-reactive ketones (excluding diaryl/α,β-unsaturated/α-hetero) is 1. The van der Waals surface area contributed by atoms with E-state index >= 15 is 0 Å². The third-order valence-electron chi connectivity index (χ3n) is 4.34. The standard InChI is InChI=1S/C19H13Cl2N3O6/c20-14-5-4-12(9-15(14)21)19(28)22(23-17(26)6-7-18(23)27)10-16(25)11-2-1-3-13(8-11)24(29)30/h1-5,8-9H,6-7,10H2. The monoisotopic (exact) mass is 449 g/mol. The van der Waals surface area contributed by atoms with Gasteiger partial charge in [0.2, 0.25) is 11.8 Å². The number of nitro groups is 1. The Morgan fingerprint density at radius 3 is 2.27 bits per heavy atom. The Morgan fingerprint density at radius 2 is 1.67 bits per heavy atom. The molecule has 3 rings (SSSR count). The summed E-state index contributed by atoms with van der Waals surface area (Å²) in [5.41, 5.74) is -0.351. The van der Waals surface area contributed by atoms with Crippen LogP contribution in [0.15, 0.2) is 42.5 Å². The summed E-state index contributed by atoms with van der Waals surface area (Å²) in [5.74, 6) is -2.80. The predicted molar refractivity (Wildman–Crippen MR) is 106 cm³/mol. The molecule has 0 saturated carbocycles. The van der Waals surface area contributed by atoms with Gasteiger partial charge in [0, 0.05) is 36.1 Å². The van der Waals surface area contributed by atoms with Crippen LogP contribution in [-0.2, 0) is 9.59 Å². The number of carbonyl (C=O) groups is 4. The number of halogens is 2. The molecule has 1 aliphatic heterocycles. The van der Waals surface area contributed by atoms with Crippen molar-refractivity contribution in [3.05, 3.63) is 73.8 Å². The Labute approximate surface area is 179 Å². The van der Waals surface area contributed by atoms with Crippen molar-refractivity contribution in [2.45, 2.75) is 12.8 Å². The molecular formula is C19H13Cl2N3O6. The van der Waals surface area contributed by atoms with Crippen LogP contribution in [0.2, 0.25) is 10.0 Å². The average molecular weight is 450 g/mol. The van der Waals surface area contributed by atoms with Gasteiger partial charge in [0.25, 0.3) is 11.6 Å². The fourth-order valence-corrected chi connectivity index (χ4v) is 3.16. The molecule has 1 saturated heterocycles. The number of nitrogens with zero attached hydrogens (tertiary/aromatic N) is 3. The first-order valence-electron chi connectivity index (χ1n) is 8.59. The van der Waals surface area contributed by atoms with Crippen molar-refractivity contribution in [3.8, 4) is 0 Å². The summed E-state index contributed by atoms with van der Waals surface area (Å²) in [6.45, 7) is -0.683. The van der Waals surface area contributed by atoms with Crippen molar-refractivity contribution in [1.29, 1.82) is 0 Å². The Bertz CT molecular complexity index is 1070. The van der Waals surface area contributed by atoms with Gasteiger partial charge in [-0.25, -0.2) is 5.01 Å². The highest BCUT2D eigenvalue weighted by molar-refractivity contribution is 6.42. The number of carbonyl (C=O) groups excluding carboxylic acids is 4. The van der Waals surface area contributed by atoms with Crippen molar-refractivity contribution < 1.29 is 24.1 Å². The zero-order valence-corrected chi connectivity index (χ0v) is 16.7. The van der Waals surface area contributed by atoms with E-state index < -0.39 is 35.0 Å². The molecule has 0 bridgehead atoms. The molecule has 0 unspecified atom stereocenters. The van der Waals surface area contributed by atoms with Crippen LogP contribution < -0.4 is 0 Å². The van der Waals surface area contributed by atoms with E-state index in [-0.39, 0.29) is 39.7 Å². The highest BCUT2D eigenvalue weighted by Crippen LogP contribution is 2.25. The Kier molecular flexibility index (Phi) is 6.14. The molecule has 154 valence electrons. The summed E-state index contributed by atoms with van der Waals surface area (Å²) in [4.78, 5) is 60.5. The number of rotatable bonds is 6. The summed E-state index contributed by atoms with van der Waals surface area (Å²) in [6.07, 6.45) is -0.204. The first kappa shape index (κ1) is 21.4.